The van der Waals surface area contributed by atoms with Crippen molar-refractivity contribution in [1.82, 2.24) is 20.2 Å². The average molecular weight is 370 g/mol. The zero-order valence-electron chi connectivity index (χ0n) is 15.6. The van der Waals surface area contributed by atoms with Crippen LogP contribution in [0.1, 0.15) is 56.0 Å². The summed E-state index contributed by atoms with van der Waals surface area (Å²) >= 11 is 0. The molecule has 1 aromatic heterocycles. The van der Waals surface area contributed by atoms with Crippen LogP contribution in [0.15, 0.2) is 18.2 Å². The van der Waals surface area contributed by atoms with Crippen LogP contribution in [0, 0.1) is 12.8 Å². The molecule has 2 amide bonds. The predicted octanol–water partition coefficient (Wildman–Crippen LogP) is 3.36. The fourth-order valence-electron chi connectivity index (χ4n) is 4.34. The molecule has 1 aliphatic carbocycles. The quantitative estimate of drug-likeness (QED) is 0.771. The number of hydrogen-bond donors (Lipinski definition) is 3. The minimum Gasteiger partial charge on any atom is -0.481 e. The molecule has 2 heterocycles. The van der Waals surface area contributed by atoms with Crippen molar-refractivity contribution in [3.05, 3.63) is 29.6 Å². The molecule has 3 N–H and O–H groups in total. The van der Waals surface area contributed by atoms with Gasteiger partial charge in [0.25, 0.3) is 0 Å². The summed E-state index contributed by atoms with van der Waals surface area (Å²) in [7, 11) is 0. The van der Waals surface area contributed by atoms with Crippen molar-refractivity contribution < 1.29 is 14.7 Å². The first-order valence-corrected chi connectivity index (χ1v) is 9.77. The Morgan fingerprint density at radius 3 is 2.74 bits per heavy atom. The van der Waals surface area contributed by atoms with E-state index in [1.807, 2.05) is 24.0 Å². The number of urea groups is 1. The number of aromatic nitrogens is 2. The Morgan fingerprint density at radius 1 is 1.22 bits per heavy atom. The number of benzene rings is 1. The van der Waals surface area contributed by atoms with Gasteiger partial charge in [0.15, 0.2) is 0 Å². The van der Waals surface area contributed by atoms with Crippen LogP contribution in [0.2, 0.25) is 0 Å². The fraction of sp³-hybridized carbons (Fsp3) is 0.550. The van der Waals surface area contributed by atoms with Crippen LogP contribution in [0.4, 0.5) is 4.79 Å². The van der Waals surface area contributed by atoms with Crippen LogP contribution in [0.25, 0.3) is 11.0 Å². The van der Waals surface area contributed by atoms with Crippen molar-refractivity contribution in [3.63, 3.8) is 0 Å². The Hall–Kier alpha value is -2.57. The van der Waals surface area contributed by atoms with Crippen molar-refractivity contribution in [2.45, 2.75) is 57.5 Å². The van der Waals surface area contributed by atoms with Gasteiger partial charge in [-0.2, -0.15) is 0 Å². The van der Waals surface area contributed by atoms with E-state index in [1.54, 1.807) is 0 Å². The summed E-state index contributed by atoms with van der Waals surface area (Å²) in [6, 6.07) is 6.09. The second-order valence-corrected chi connectivity index (χ2v) is 7.83. The van der Waals surface area contributed by atoms with Crippen LogP contribution in [0.3, 0.4) is 0 Å². The lowest BCUT2D eigenvalue weighted by atomic mass is 9.86. The van der Waals surface area contributed by atoms with E-state index < -0.39 is 5.97 Å². The van der Waals surface area contributed by atoms with Crippen molar-refractivity contribution >= 4 is 23.0 Å². The van der Waals surface area contributed by atoms with Crippen LogP contribution in [-0.4, -0.2) is 44.6 Å². The number of hydrogen-bond acceptors (Lipinski definition) is 3. The van der Waals surface area contributed by atoms with E-state index in [4.69, 9.17) is 10.1 Å². The molecule has 1 saturated carbocycles. The van der Waals surface area contributed by atoms with Gasteiger partial charge in [0, 0.05) is 12.6 Å². The smallest absolute Gasteiger partial charge is 0.318 e. The fourth-order valence-corrected chi connectivity index (χ4v) is 4.34. The van der Waals surface area contributed by atoms with Crippen LogP contribution in [0.5, 0.6) is 0 Å². The van der Waals surface area contributed by atoms with Crippen molar-refractivity contribution in [1.29, 1.82) is 0 Å². The number of rotatable bonds is 3. The second kappa shape index (κ2) is 7.21. The molecule has 27 heavy (non-hydrogen) atoms. The Bertz CT molecular complexity index is 854. The number of carbonyl (C=O) groups excluding carboxylic acids is 1. The lowest BCUT2D eigenvalue weighted by Crippen LogP contribution is -2.46. The number of fused-ring (bicyclic) bond motifs is 1. The standard InChI is InChI=1S/C20H26N4O3/c1-12-4-9-15-16(11-12)23-18(22-15)17-3-2-10-24(17)20(27)21-14-7-5-13(6-8-14)19(25)26/h4,9,11,13-14,17H,2-3,5-8,10H2,1H3,(H,21,27)(H,22,23)(H,25,26). The number of aryl methyl sites for hydroxylation is 1. The summed E-state index contributed by atoms with van der Waals surface area (Å²) in [6.07, 6.45) is 4.58. The van der Waals surface area contributed by atoms with Crippen LogP contribution < -0.4 is 5.32 Å². The lowest BCUT2D eigenvalue weighted by molar-refractivity contribution is -0.142. The Kier molecular flexibility index (Phi) is 4.76. The summed E-state index contributed by atoms with van der Waals surface area (Å²) in [5, 5.41) is 12.2. The van der Waals surface area contributed by atoms with E-state index in [0.717, 1.165) is 49.1 Å². The molecule has 144 valence electrons. The van der Waals surface area contributed by atoms with Gasteiger partial charge in [-0.05, 0) is 63.1 Å². The van der Waals surface area contributed by atoms with E-state index in [2.05, 4.69) is 16.4 Å². The third-order valence-electron chi connectivity index (χ3n) is 5.89. The average Bonchev–Trinajstić information content (AvgIpc) is 3.28. The van der Waals surface area contributed by atoms with Crippen molar-refractivity contribution in [2.24, 2.45) is 5.92 Å². The molecule has 7 heteroatoms. The highest BCUT2D eigenvalue weighted by atomic mass is 16.4. The molecule has 2 aliphatic rings. The van der Waals surface area contributed by atoms with Crippen LogP contribution >= 0.6 is 0 Å². The number of likely N-dealkylation sites (tertiary alicyclic amines) is 1. The highest BCUT2D eigenvalue weighted by molar-refractivity contribution is 5.77. The first kappa shape index (κ1) is 17.8. The molecule has 7 nitrogen and oxygen atoms in total. The molecule has 0 bridgehead atoms. The predicted molar refractivity (Wildman–Crippen MR) is 101 cm³/mol. The van der Waals surface area contributed by atoms with E-state index in [0.29, 0.717) is 12.8 Å². The molecular formula is C20H26N4O3. The van der Waals surface area contributed by atoms with Crippen LogP contribution in [-0.2, 0) is 4.79 Å². The topological polar surface area (TPSA) is 98.3 Å². The van der Waals surface area contributed by atoms with Gasteiger partial charge >= 0.3 is 12.0 Å². The molecule has 0 spiro atoms. The molecule has 2 aromatic rings. The molecule has 0 radical (unpaired) electrons. The molecule has 1 aromatic carbocycles. The largest absolute Gasteiger partial charge is 0.481 e. The number of aliphatic carboxylic acids is 1. The molecule has 1 atom stereocenters. The number of carboxylic acids is 1. The summed E-state index contributed by atoms with van der Waals surface area (Å²) in [5.74, 6) is -0.144. The number of H-pyrrole nitrogens is 1. The number of aromatic amines is 1. The lowest BCUT2D eigenvalue weighted by Gasteiger charge is -2.30. The third-order valence-corrected chi connectivity index (χ3v) is 5.89. The van der Waals surface area contributed by atoms with E-state index in [-0.39, 0.29) is 24.0 Å². The number of carbonyl (C=O) groups is 2. The maximum absolute atomic E-state index is 12.8. The summed E-state index contributed by atoms with van der Waals surface area (Å²) in [5.41, 5.74) is 3.11. The first-order chi connectivity index (χ1) is 13.0. The molecule has 2 fully saturated rings. The van der Waals surface area contributed by atoms with E-state index in [1.165, 1.54) is 5.56 Å². The van der Waals surface area contributed by atoms with Gasteiger partial charge in [0.1, 0.15) is 5.82 Å². The van der Waals surface area contributed by atoms with Gasteiger partial charge in [-0.25, -0.2) is 9.78 Å². The molecule has 1 aliphatic heterocycles. The Morgan fingerprint density at radius 2 is 2.00 bits per heavy atom. The van der Waals surface area contributed by atoms with E-state index >= 15 is 0 Å². The Labute approximate surface area is 158 Å². The maximum Gasteiger partial charge on any atom is 0.318 e. The number of nitrogens with one attached hydrogen (secondary N) is 2. The van der Waals surface area contributed by atoms with E-state index in [9.17, 15) is 9.59 Å². The van der Waals surface area contributed by atoms with Gasteiger partial charge in [-0.3, -0.25) is 4.79 Å². The zero-order valence-corrected chi connectivity index (χ0v) is 15.6. The van der Waals surface area contributed by atoms with Crippen molar-refractivity contribution in [2.75, 3.05) is 6.54 Å². The zero-order chi connectivity index (χ0) is 19.0. The highest BCUT2D eigenvalue weighted by Gasteiger charge is 2.34. The van der Waals surface area contributed by atoms with Crippen molar-refractivity contribution in [3.8, 4) is 0 Å². The minimum atomic E-state index is -0.723. The molecule has 1 saturated heterocycles. The van der Waals surface area contributed by atoms with Gasteiger partial charge in [-0.1, -0.05) is 6.07 Å². The van der Waals surface area contributed by atoms with Gasteiger partial charge in [-0.15, -0.1) is 0 Å². The summed E-state index contributed by atoms with van der Waals surface area (Å²) in [4.78, 5) is 33.9. The Balaban J connectivity index is 1.43. The maximum atomic E-state index is 12.8. The van der Waals surface area contributed by atoms with Gasteiger partial charge in [0.05, 0.1) is 23.0 Å². The molecular weight excluding hydrogens is 344 g/mol. The number of nitrogens with zero attached hydrogens (tertiary/aromatic N) is 2. The van der Waals surface area contributed by atoms with Gasteiger partial charge in [0.2, 0.25) is 0 Å². The molecule has 4 rings (SSSR count). The minimum absolute atomic E-state index is 0.0342. The number of carboxylic acid groups (broad SMARTS) is 1. The molecule has 1 unspecified atom stereocenters. The normalized spacial score (nSPS) is 25.7. The number of imidazole rings is 1. The highest BCUT2D eigenvalue weighted by Crippen LogP contribution is 2.32. The third kappa shape index (κ3) is 3.63. The summed E-state index contributed by atoms with van der Waals surface area (Å²) in [6.45, 7) is 2.77. The summed E-state index contributed by atoms with van der Waals surface area (Å²) < 4.78 is 0. The SMILES string of the molecule is Cc1ccc2nc(C3CCCN3C(=O)NC3CCC(C(=O)O)CC3)[nH]c2c1. The first-order valence-electron chi connectivity index (χ1n) is 9.77. The number of amides is 2. The van der Waals surface area contributed by atoms with Gasteiger partial charge < -0.3 is 20.3 Å². The second-order valence-electron chi connectivity index (χ2n) is 7.83. The monoisotopic (exact) mass is 370 g/mol.